The Morgan fingerprint density at radius 2 is 1.65 bits per heavy atom. The third-order valence-corrected chi connectivity index (χ3v) is 3.48. The Hall–Kier alpha value is -0.960. The maximum atomic E-state index is 10.1. The molecular formula is C14H20O2S. The summed E-state index contributed by atoms with van der Waals surface area (Å²) in [5.41, 5.74) is 3.16. The van der Waals surface area contributed by atoms with Crippen LogP contribution in [0.25, 0.3) is 0 Å². The van der Waals surface area contributed by atoms with Crippen LogP contribution in [0.4, 0.5) is 0 Å². The summed E-state index contributed by atoms with van der Waals surface area (Å²) in [5, 5.41) is 0. The second-order valence-electron chi connectivity index (χ2n) is 4.40. The standard InChI is InChI=1S/C10H12.C4H8O2S/c1-2-6-10-8-4-3-7-9(10)5-1;1-4(5)3-7(2)6/h1-2,5-6H,3-4,7-8H2;3H2,1-2H3. The number of rotatable bonds is 2. The van der Waals surface area contributed by atoms with Crippen LogP contribution in [0, 0.1) is 0 Å². The van der Waals surface area contributed by atoms with Crippen LogP contribution in [0.3, 0.4) is 0 Å². The van der Waals surface area contributed by atoms with Gasteiger partial charge in [-0.05, 0) is 43.7 Å². The molecule has 1 unspecified atom stereocenters. The molecule has 0 heterocycles. The highest BCUT2D eigenvalue weighted by atomic mass is 32.2. The highest BCUT2D eigenvalue weighted by Gasteiger charge is 2.05. The molecule has 2 nitrogen and oxygen atoms in total. The summed E-state index contributed by atoms with van der Waals surface area (Å²) < 4.78 is 10.1. The maximum absolute atomic E-state index is 10.1. The van der Waals surface area contributed by atoms with E-state index in [1.54, 1.807) is 11.1 Å². The van der Waals surface area contributed by atoms with Crippen molar-refractivity contribution < 1.29 is 9.00 Å². The highest BCUT2D eigenvalue weighted by Crippen LogP contribution is 2.19. The molecule has 2 rings (SSSR count). The van der Waals surface area contributed by atoms with Crippen molar-refractivity contribution in [2.45, 2.75) is 32.6 Å². The smallest absolute Gasteiger partial charge is 0.142 e. The van der Waals surface area contributed by atoms with E-state index in [1.165, 1.54) is 38.9 Å². The number of fused-ring (bicyclic) bond motifs is 1. The second kappa shape index (κ2) is 7.38. The molecule has 0 aliphatic heterocycles. The van der Waals surface area contributed by atoms with E-state index < -0.39 is 10.8 Å². The summed E-state index contributed by atoms with van der Waals surface area (Å²) >= 11 is 0. The minimum absolute atomic E-state index is 0.0131. The molecule has 0 amide bonds. The Labute approximate surface area is 106 Å². The number of aryl methyl sites for hydroxylation is 2. The zero-order chi connectivity index (χ0) is 12.7. The number of Topliss-reactive ketones (excluding diaryl/α,β-unsaturated/α-hetero) is 1. The lowest BCUT2D eigenvalue weighted by molar-refractivity contribution is -0.114. The molecule has 1 aromatic carbocycles. The van der Waals surface area contributed by atoms with Gasteiger partial charge in [0.25, 0.3) is 0 Å². The van der Waals surface area contributed by atoms with E-state index in [0.29, 0.717) is 0 Å². The minimum Gasteiger partial charge on any atom is -0.299 e. The van der Waals surface area contributed by atoms with Crippen molar-refractivity contribution in [3.05, 3.63) is 35.4 Å². The second-order valence-corrected chi connectivity index (χ2v) is 5.83. The highest BCUT2D eigenvalue weighted by molar-refractivity contribution is 7.85. The Morgan fingerprint density at radius 3 is 1.94 bits per heavy atom. The van der Waals surface area contributed by atoms with Crippen molar-refractivity contribution in [2.75, 3.05) is 12.0 Å². The lowest BCUT2D eigenvalue weighted by Gasteiger charge is -2.13. The van der Waals surface area contributed by atoms with Gasteiger partial charge in [-0.15, -0.1) is 0 Å². The summed E-state index contributed by atoms with van der Waals surface area (Å²) in [4.78, 5) is 10.1. The molecule has 0 saturated carbocycles. The zero-order valence-electron chi connectivity index (χ0n) is 10.6. The van der Waals surface area contributed by atoms with Crippen LogP contribution in [-0.2, 0) is 28.4 Å². The molecule has 0 N–H and O–H groups in total. The first-order valence-corrected chi connectivity index (χ1v) is 7.68. The van der Waals surface area contributed by atoms with E-state index in [0.717, 1.165) is 0 Å². The molecule has 94 valence electrons. The normalized spacial score (nSPS) is 15.2. The number of carbonyl (C=O) groups is 1. The molecule has 3 heteroatoms. The van der Waals surface area contributed by atoms with E-state index in [-0.39, 0.29) is 11.5 Å². The Morgan fingerprint density at radius 1 is 1.18 bits per heavy atom. The molecule has 17 heavy (non-hydrogen) atoms. The average Bonchev–Trinajstić information content (AvgIpc) is 2.28. The minimum atomic E-state index is -0.945. The van der Waals surface area contributed by atoms with Gasteiger partial charge in [-0.1, -0.05) is 24.3 Å². The predicted octanol–water partition coefficient (Wildman–Crippen LogP) is 2.52. The van der Waals surface area contributed by atoms with Gasteiger partial charge in [0.1, 0.15) is 5.78 Å². The summed E-state index contributed by atoms with van der Waals surface area (Å²) in [6.07, 6.45) is 6.89. The number of benzene rings is 1. The Kier molecular flexibility index (Phi) is 6.12. The van der Waals surface area contributed by atoms with E-state index >= 15 is 0 Å². The van der Waals surface area contributed by atoms with Crippen LogP contribution in [-0.4, -0.2) is 22.0 Å². The van der Waals surface area contributed by atoms with E-state index in [1.807, 2.05) is 0 Å². The predicted molar refractivity (Wildman–Crippen MR) is 72.7 cm³/mol. The van der Waals surface area contributed by atoms with Crippen molar-refractivity contribution >= 4 is 16.6 Å². The van der Waals surface area contributed by atoms with Crippen molar-refractivity contribution in [3.8, 4) is 0 Å². The van der Waals surface area contributed by atoms with Gasteiger partial charge in [0.2, 0.25) is 0 Å². The van der Waals surface area contributed by atoms with Crippen molar-refractivity contribution in [1.82, 2.24) is 0 Å². The molecular weight excluding hydrogens is 232 g/mol. The van der Waals surface area contributed by atoms with Gasteiger partial charge in [-0.25, -0.2) is 0 Å². The molecule has 0 bridgehead atoms. The van der Waals surface area contributed by atoms with Crippen molar-refractivity contribution in [3.63, 3.8) is 0 Å². The first-order chi connectivity index (χ1) is 8.09. The zero-order valence-corrected chi connectivity index (χ0v) is 11.4. The summed E-state index contributed by atoms with van der Waals surface area (Å²) in [5.74, 6) is 0.181. The molecule has 0 saturated heterocycles. The number of hydrogen-bond acceptors (Lipinski definition) is 2. The van der Waals surface area contributed by atoms with E-state index in [2.05, 4.69) is 24.3 Å². The molecule has 0 spiro atoms. The van der Waals surface area contributed by atoms with Gasteiger partial charge in [0.15, 0.2) is 0 Å². The summed E-state index contributed by atoms with van der Waals surface area (Å²) in [7, 11) is -0.945. The summed E-state index contributed by atoms with van der Waals surface area (Å²) in [6.45, 7) is 1.43. The molecule has 1 aromatic rings. The Bertz CT molecular complexity index is 362. The SMILES string of the molecule is CC(=O)CS(C)=O.c1ccc2c(c1)CCCC2. The van der Waals surface area contributed by atoms with E-state index in [4.69, 9.17) is 0 Å². The third-order valence-electron chi connectivity index (χ3n) is 2.67. The summed E-state index contributed by atoms with van der Waals surface area (Å²) in [6, 6.07) is 8.80. The van der Waals surface area contributed by atoms with Crippen LogP contribution in [0.5, 0.6) is 0 Å². The average molecular weight is 252 g/mol. The van der Waals surface area contributed by atoms with E-state index in [9.17, 15) is 9.00 Å². The molecule has 0 radical (unpaired) electrons. The van der Waals surface area contributed by atoms with Crippen LogP contribution in [0.1, 0.15) is 30.9 Å². The van der Waals surface area contributed by atoms with Crippen LogP contribution >= 0.6 is 0 Å². The Balaban J connectivity index is 0.000000185. The molecule has 1 atom stereocenters. The fraction of sp³-hybridized carbons (Fsp3) is 0.500. The molecule has 0 aromatic heterocycles. The number of ketones is 1. The van der Waals surface area contributed by atoms with Crippen LogP contribution < -0.4 is 0 Å². The van der Waals surface area contributed by atoms with Gasteiger partial charge in [0, 0.05) is 17.1 Å². The first kappa shape index (κ1) is 14.1. The van der Waals surface area contributed by atoms with Gasteiger partial charge in [0.05, 0.1) is 5.75 Å². The van der Waals surface area contributed by atoms with Crippen molar-refractivity contribution in [1.29, 1.82) is 0 Å². The monoisotopic (exact) mass is 252 g/mol. The van der Waals surface area contributed by atoms with Gasteiger partial charge < -0.3 is 0 Å². The van der Waals surface area contributed by atoms with Gasteiger partial charge >= 0.3 is 0 Å². The van der Waals surface area contributed by atoms with Gasteiger partial charge in [-0.3, -0.25) is 9.00 Å². The number of carbonyl (C=O) groups excluding carboxylic acids is 1. The fourth-order valence-electron chi connectivity index (χ4n) is 1.96. The third kappa shape index (κ3) is 5.78. The van der Waals surface area contributed by atoms with Crippen molar-refractivity contribution in [2.24, 2.45) is 0 Å². The quantitative estimate of drug-likeness (QED) is 0.810. The largest absolute Gasteiger partial charge is 0.299 e. The topological polar surface area (TPSA) is 34.1 Å². The van der Waals surface area contributed by atoms with Gasteiger partial charge in [-0.2, -0.15) is 0 Å². The van der Waals surface area contributed by atoms with Crippen LogP contribution in [0.15, 0.2) is 24.3 Å². The molecule has 1 aliphatic carbocycles. The lowest BCUT2D eigenvalue weighted by Crippen LogP contribution is -2.03. The molecule has 0 fully saturated rings. The van der Waals surface area contributed by atoms with Crippen LogP contribution in [0.2, 0.25) is 0 Å². The maximum Gasteiger partial charge on any atom is 0.142 e. The lowest BCUT2D eigenvalue weighted by atomic mass is 9.92. The molecule has 1 aliphatic rings. The fourth-order valence-corrected chi connectivity index (χ4v) is 2.53. The number of hydrogen-bond donors (Lipinski definition) is 0. The first-order valence-electron chi connectivity index (χ1n) is 5.96.